The summed E-state index contributed by atoms with van der Waals surface area (Å²) in [6.45, 7) is 1.99. The van der Waals surface area contributed by atoms with Crippen LogP contribution in [0.1, 0.15) is 60.0 Å². The molecule has 2 aliphatic rings. The van der Waals surface area contributed by atoms with E-state index in [0.29, 0.717) is 44.6 Å². The summed E-state index contributed by atoms with van der Waals surface area (Å²) in [7, 11) is -3.36. The smallest absolute Gasteiger partial charge is 0.352 e. The minimum absolute atomic E-state index is 0.00507. The zero-order chi connectivity index (χ0) is 26.1. The molecule has 1 aromatic carbocycles. The molecule has 3 rings (SSSR count). The first-order valence-corrected chi connectivity index (χ1v) is 13.2. The fourth-order valence-electron chi connectivity index (χ4n) is 4.94. The molecule has 0 bridgehead atoms. The standard InChI is InChI=1S/C22H29F6N3O3S/c1-35(33,34)30-20(6-2-3-7-20)14-31-8-4-15(5-9-31)13-29-19(32)16-10-17(21(23,24)25)12-18(11-16)22(26,27)28/h10-12,15,30H,2-9,13-14H2,1H3,(H,29,32). The van der Waals surface area contributed by atoms with E-state index in [2.05, 4.69) is 14.9 Å². The molecule has 198 valence electrons. The lowest BCUT2D eigenvalue weighted by Crippen LogP contribution is -2.55. The normalized spacial score (nSPS) is 20.2. The molecule has 0 spiro atoms. The van der Waals surface area contributed by atoms with Crippen molar-refractivity contribution in [3.63, 3.8) is 0 Å². The highest BCUT2D eigenvalue weighted by Gasteiger charge is 2.39. The van der Waals surface area contributed by atoms with Crippen LogP contribution in [0.15, 0.2) is 18.2 Å². The molecular weight excluding hydrogens is 500 g/mol. The molecular formula is C22H29F6N3O3S. The first kappa shape index (κ1) is 27.7. The van der Waals surface area contributed by atoms with Gasteiger partial charge in [-0.3, -0.25) is 4.79 Å². The Morgan fingerprint density at radius 3 is 1.97 bits per heavy atom. The molecule has 1 aliphatic carbocycles. The van der Waals surface area contributed by atoms with Crippen molar-refractivity contribution in [2.24, 2.45) is 5.92 Å². The topological polar surface area (TPSA) is 78.5 Å². The van der Waals surface area contributed by atoms with Gasteiger partial charge >= 0.3 is 12.4 Å². The Hall–Kier alpha value is -1.86. The van der Waals surface area contributed by atoms with Gasteiger partial charge in [0.2, 0.25) is 10.0 Å². The molecule has 1 heterocycles. The number of sulfonamides is 1. The second-order valence-electron chi connectivity index (χ2n) is 9.59. The van der Waals surface area contributed by atoms with E-state index in [0.717, 1.165) is 31.9 Å². The first-order valence-electron chi connectivity index (χ1n) is 11.4. The largest absolute Gasteiger partial charge is 0.416 e. The average molecular weight is 530 g/mol. The van der Waals surface area contributed by atoms with Crippen LogP contribution in [0.3, 0.4) is 0 Å². The number of carbonyl (C=O) groups excluding carboxylic acids is 1. The van der Waals surface area contributed by atoms with Crippen LogP contribution in [0.4, 0.5) is 26.3 Å². The number of hydrogen-bond acceptors (Lipinski definition) is 4. The molecule has 0 unspecified atom stereocenters. The molecule has 1 amide bonds. The molecule has 1 aliphatic heterocycles. The van der Waals surface area contributed by atoms with Crippen LogP contribution in [-0.2, 0) is 22.4 Å². The number of amides is 1. The Morgan fingerprint density at radius 2 is 1.51 bits per heavy atom. The summed E-state index contributed by atoms with van der Waals surface area (Å²) in [6, 6.07) is 0.828. The Morgan fingerprint density at radius 1 is 1.00 bits per heavy atom. The Labute approximate surface area is 200 Å². The minimum Gasteiger partial charge on any atom is -0.352 e. The molecule has 6 nitrogen and oxygen atoms in total. The summed E-state index contributed by atoms with van der Waals surface area (Å²) in [4.78, 5) is 14.6. The van der Waals surface area contributed by atoms with Crippen LogP contribution in [0.25, 0.3) is 0 Å². The molecule has 1 saturated heterocycles. The summed E-state index contributed by atoms with van der Waals surface area (Å²) < 4.78 is 105. The lowest BCUT2D eigenvalue weighted by Gasteiger charge is -2.39. The number of hydrogen-bond donors (Lipinski definition) is 2. The number of rotatable bonds is 7. The van der Waals surface area contributed by atoms with E-state index >= 15 is 0 Å². The van der Waals surface area contributed by atoms with Crippen molar-refractivity contribution in [2.75, 3.05) is 32.4 Å². The zero-order valence-corrected chi connectivity index (χ0v) is 20.0. The molecule has 0 aromatic heterocycles. The van der Waals surface area contributed by atoms with Gasteiger partial charge in [-0.05, 0) is 62.9 Å². The Balaban J connectivity index is 1.57. The molecule has 13 heteroatoms. The van der Waals surface area contributed by atoms with Crippen molar-refractivity contribution >= 4 is 15.9 Å². The average Bonchev–Trinajstić information content (AvgIpc) is 3.17. The summed E-state index contributed by atoms with van der Waals surface area (Å²) >= 11 is 0. The highest BCUT2D eigenvalue weighted by atomic mass is 32.2. The second kappa shape index (κ2) is 10.3. The van der Waals surface area contributed by atoms with Gasteiger partial charge in [0, 0.05) is 24.2 Å². The summed E-state index contributed by atoms with van der Waals surface area (Å²) in [6.07, 6.45) is -4.19. The van der Waals surface area contributed by atoms with Crippen LogP contribution in [0, 0.1) is 5.92 Å². The Kier molecular flexibility index (Phi) is 8.12. The van der Waals surface area contributed by atoms with E-state index < -0.39 is 50.5 Å². The third-order valence-corrected chi connectivity index (χ3v) is 7.40. The van der Waals surface area contributed by atoms with Crippen LogP contribution < -0.4 is 10.0 Å². The SMILES string of the molecule is CS(=O)(=O)NC1(CN2CCC(CNC(=O)c3cc(C(F)(F)F)cc(C(F)(F)F)c3)CC2)CCCC1. The molecule has 1 saturated carbocycles. The summed E-state index contributed by atoms with van der Waals surface area (Å²) in [5.41, 5.74) is -4.25. The third kappa shape index (κ3) is 7.81. The summed E-state index contributed by atoms with van der Waals surface area (Å²) in [5.74, 6) is -0.989. The van der Waals surface area contributed by atoms with Crippen molar-refractivity contribution in [1.82, 2.24) is 14.9 Å². The van der Waals surface area contributed by atoms with Gasteiger partial charge in [0.1, 0.15) is 0 Å². The maximum Gasteiger partial charge on any atom is 0.416 e. The van der Waals surface area contributed by atoms with Crippen molar-refractivity contribution < 1.29 is 39.6 Å². The number of halogens is 6. The number of nitrogens with zero attached hydrogens (tertiary/aromatic N) is 1. The van der Waals surface area contributed by atoms with Crippen LogP contribution in [0.5, 0.6) is 0 Å². The maximum atomic E-state index is 13.0. The van der Waals surface area contributed by atoms with Crippen molar-refractivity contribution in [1.29, 1.82) is 0 Å². The number of nitrogens with one attached hydrogen (secondary N) is 2. The fraction of sp³-hybridized carbons (Fsp3) is 0.682. The van der Waals surface area contributed by atoms with Gasteiger partial charge in [-0.25, -0.2) is 13.1 Å². The van der Waals surface area contributed by atoms with E-state index in [-0.39, 0.29) is 18.5 Å². The molecule has 0 radical (unpaired) electrons. The van der Waals surface area contributed by atoms with E-state index in [1.54, 1.807) is 0 Å². The van der Waals surface area contributed by atoms with Gasteiger partial charge in [0.05, 0.1) is 17.4 Å². The lowest BCUT2D eigenvalue weighted by atomic mass is 9.93. The number of alkyl halides is 6. The van der Waals surface area contributed by atoms with Crippen molar-refractivity contribution in [3.05, 3.63) is 34.9 Å². The Bertz CT molecular complexity index is 980. The van der Waals surface area contributed by atoms with Gasteiger partial charge in [0.15, 0.2) is 0 Å². The monoisotopic (exact) mass is 529 g/mol. The van der Waals surface area contributed by atoms with E-state index in [1.165, 1.54) is 0 Å². The van der Waals surface area contributed by atoms with E-state index in [9.17, 15) is 39.6 Å². The first-order chi connectivity index (χ1) is 16.1. The van der Waals surface area contributed by atoms with Crippen LogP contribution in [0.2, 0.25) is 0 Å². The molecule has 0 atom stereocenters. The quantitative estimate of drug-likeness (QED) is 0.523. The molecule has 1 aromatic rings. The minimum atomic E-state index is -5.02. The predicted molar refractivity (Wildman–Crippen MR) is 117 cm³/mol. The summed E-state index contributed by atoms with van der Waals surface area (Å²) in [5, 5.41) is 2.47. The van der Waals surface area contributed by atoms with Gasteiger partial charge < -0.3 is 10.2 Å². The molecule has 2 N–H and O–H groups in total. The highest BCUT2D eigenvalue weighted by Crippen LogP contribution is 2.36. The maximum absolute atomic E-state index is 13.0. The van der Waals surface area contributed by atoms with Gasteiger partial charge in [0.25, 0.3) is 5.91 Å². The number of benzene rings is 1. The van der Waals surface area contributed by atoms with E-state index in [4.69, 9.17) is 0 Å². The van der Waals surface area contributed by atoms with Crippen LogP contribution >= 0.6 is 0 Å². The fourth-order valence-corrected chi connectivity index (χ4v) is 5.99. The predicted octanol–water partition coefficient (Wildman–Crippen LogP) is 4.03. The van der Waals surface area contributed by atoms with Gasteiger partial charge in [-0.2, -0.15) is 26.3 Å². The highest BCUT2D eigenvalue weighted by molar-refractivity contribution is 7.88. The van der Waals surface area contributed by atoms with Gasteiger partial charge in [-0.1, -0.05) is 12.8 Å². The van der Waals surface area contributed by atoms with Gasteiger partial charge in [-0.15, -0.1) is 0 Å². The molecule has 2 fully saturated rings. The van der Waals surface area contributed by atoms with Crippen molar-refractivity contribution in [3.8, 4) is 0 Å². The third-order valence-electron chi connectivity index (χ3n) is 6.60. The van der Waals surface area contributed by atoms with Crippen LogP contribution in [-0.4, -0.2) is 57.2 Å². The number of carbonyl (C=O) groups is 1. The second-order valence-corrected chi connectivity index (χ2v) is 11.3. The lowest BCUT2D eigenvalue weighted by molar-refractivity contribution is -0.143. The number of likely N-dealkylation sites (tertiary alicyclic amines) is 1. The number of piperidine rings is 1. The molecule has 35 heavy (non-hydrogen) atoms. The van der Waals surface area contributed by atoms with Crippen molar-refractivity contribution in [2.45, 2.75) is 56.4 Å². The zero-order valence-electron chi connectivity index (χ0n) is 19.2. The van der Waals surface area contributed by atoms with E-state index in [1.807, 2.05) is 0 Å².